The van der Waals surface area contributed by atoms with E-state index in [4.69, 9.17) is 5.26 Å². The average molecular weight is 454 g/mol. The van der Waals surface area contributed by atoms with Crippen molar-refractivity contribution in [2.24, 2.45) is 0 Å². The van der Waals surface area contributed by atoms with Gasteiger partial charge in [-0.1, -0.05) is 75.2 Å². The summed E-state index contributed by atoms with van der Waals surface area (Å²) in [7, 11) is 0. The van der Waals surface area contributed by atoms with E-state index in [0.29, 0.717) is 33.2 Å². The Morgan fingerprint density at radius 2 is 1.35 bits per heavy atom. The summed E-state index contributed by atoms with van der Waals surface area (Å²) in [5.41, 5.74) is 4.97. The molecule has 0 spiro atoms. The molecule has 0 saturated heterocycles. The number of rotatable bonds is 8. The van der Waals surface area contributed by atoms with E-state index in [0.717, 1.165) is 49.5 Å². The molecule has 172 valence electrons. The number of nitriles is 1. The first-order valence-electron chi connectivity index (χ1n) is 12.1. The van der Waals surface area contributed by atoms with Gasteiger partial charge in [-0.3, -0.25) is 0 Å². The summed E-state index contributed by atoms with van der Waals surface area (Å²) < 4.78 is 31.4. The Hall–Kier alpha value is -3.51. The third-order valence-corrected chi connectivity index (χ3v) is 6.52. The molecule has 3 heteroatoms. The molecule has 0 bridgehead atoms. The third kappa shape index (κ3) is 4.59. The number of fused-ring (bicyclic) bond motifs is 1. The van der Waals surface area contributed by atoms with Gasteiger partial charge < -0.3 is 0 Å². The summed E-state index contributed by atoms with van der Waals surface area (Å²) in [5, 5.41) is 10.6. The van der Waals surface area contributed by atoms with Crippen LogP contribution in [0.25, 0.3) is 33.0 Å². The van der Waals surface area contributed by atoms with Crippen LogP contribution in [0.3, 0.4) is 0 Å². The van der Waals surface area contributed by atoms with Crippen molar-refractivity contribution in [3.05, 3.63) is 95.1 Å². The summed E-state index contributed by atoms with van der Waals surface area (Å²) in [6.07, 6.45) is 5.70. The second-order valence-electron chi connectivity index (χ2n) is 8.78. The molecule has 0 aliphatic heterocycles. The van der Waals surface area contributed by atoms with Gasteiger partial charge in [0.2, 0.25) is 0 Å². The Morgan fingerprint density at radius 1 is 0.735 bits per heavy atom. The summed E-state index contributed by atoms with van der Waals surface area (Å²) in [6.45, 7) is 4.30. The smallest absolute Gasteiger partial charge is 0.139 e. The van der Waals surface area contributed by atoms with Gasteiger partial charge in [-0.15, -0.1) is 0 Å². The monoisotopic (exact) mass is 453 g/mol. The van der Waals surface area contributed by atoms with Crippen LogP contribution < -0.4 is 0 Å². The summed E-state index contributed by atoms with van der Waals surface area (Å²) in [6, 6.07) is 21.6. The minimum absolute atomic E-state index is 0.271. The predicted octanol–water partition coefficient (Wildman–Crippen LogP) is 9.01. The first-order chi connectivity index (χ1) is 16.6. The predicted molar refractivity (Wildman–Crippen MR) is 137 cm³/mol. The van der Waals surface area contributed by atoms with E-state index in [1.54, 1.807) is 30.3 Å². The molecule has 34 heavy (non-hydrogen) atoms. The molecule has 0 fully saturated rings. The fraction of sp³-hybridized carbons (Fsp3) is 0.258. The number of halogens is 2. The van der Waals surface area contributed by atoms with E-state index in [1.165, 1.54) is 11.6 Å². The summed E-state index contributed by atoms with van der Waals surface area (Å²) >= 11 is 0. The molecular formula is C31H29F2N. The Bertz CT molecular complexity index is 1350. The first-order valence-corrected chi connectivity index (χ1v) is 12.1. The number of benzene rings is 4. The largest absolute Gasteiger partial charge is 0.206 e. The van der Waals surface area contributed by atoms with E-state index < -0.39 is 5.82 Å². The van der Waals surface area contributed by atoms with Crippen molar-refractivity contribution in [3.8, 4) is 28.3 Å². The molecule has 0 heterocycles. The van der Waals surface area contributed by atoms with Crippen molar-refractivity contribution < 1.29 is 8.78 Å². The fourth-order valence-electron chi connectivity index (χ4n) is 4.72. The lowest BCUT2D eigenvalue weighted by Gasteiger charge is -2.20. The molecule has 0 unspecified atom stereocenters. The number of hydrogen-bond acceptors (Lipinski definition) is 1. The number of hydrogen-bond donors (Lipinski definition) is 0. The zero-order chi connectivity index (χ0) is 24.1. The van der Waals surface area contributed by atoms with Crippen LogP contribution in [0, 0.1) is 23.0 Å². The van der Waals surface area contributed by atoms with Gasteiger partial charge in [-0.2, -0.15) is 5.26 Å². The van der Waals surface area contributed by atoms with Crippen molar-refractivity contribution in [3.63, 3.8) is 0 Å². The number of aryl methyl sites for hydroxylation is 1. The maximum Gasteiger partial charge on any atom is 0.139 e. The second kappa shape index (κ2) is 10.6. The molecular weight excluding hydrogens is 424 g/mol. The van der Waals surface area contributed by atoms with Gasteiger partial charge in [0, 0.05) is 16.5 Å². The first kappa shape index (κ1) is 23.6. The van der Waals surface area contributed by atoms with E-state index >= 15 is 8.78 Å². The van der Waals surface area contributed by atoms with Gasteiger partial charge in [-0.25, -0.2) is 8.78 Å². The number of nitrogens with zero attached hydrogens (tertiary/aromatic N) is 1. The van der Waals surface area contributed by atoms with Crippen LogP contribution in [-0.2, 0) is 12.8 Å². The van der Waals surface area contributed by atoms with E-state index in [9.17, 15) is 0 Å². The zero-order valence-electron chi connectivity index (χ0n) is 19.8. The maximum atomic E-state index is 16.0. The minimum atomic E-state index is -0.397. The molecule has 0 atom stereocenters. The standard InChI is InChI=1S/C31H29F2N/c1-3-5-9-25-26-11-7-8-12-28(26)31(33)30(27(25)10-6-4-2)23-17-18-24(29(32)19-23)22-15-13-21(20-34)14-16-22/h7-8,11-19H,3-6,9-10H2,1-2H3. The third-order valence-electron chi connectivity index (χ3n) is 6.52. The molecule has 0 aromatic heterocycles. The van der Waals surface area contributed by atoms with Crippen LogP contribution in [0.5, 0.6) is 0 Å². The Kier molecular flexibility index (Phi) is 7.38. The Balaban J connectivity index is 1.91. The molecule has 0 N–H and O–H groups in total. The highest BCUT2D eigenvalue weighted by molar-refractivity contribution is 5.93. The lowest BCUT2D eigenvalue weighted by Crippen LogP contribution is -2.04. The topological polar surface area (TPSA) is 23.8 Å². The summed E-state index contributed by atoms with van der Waals surface area (Å²) in [5.74, 6) is -0.668. The van der Waals surface area contributed by atoms with Crippen molar-refractivity contribution in [1.82, 2.24) is 0 Å². The van der Waals surface area contributed by atoms with Gasteiger partial charge in [-0.05, 0) is 71.5 Å². The van der Waals surface area contributed by atoms with Crippen LogP contribution in [-0.4, -0.2) is 0 Å². The fourth-order valence-corrected chi connectivity index (χ4v) is 4.72. The van der Waals surface area contributed by atoms with Crippen LogP contribution in [0.15, 0.2) is 66.7 Å². The van der Waals surface area contributed by atoms with Gasteiger partial charge >= 0.3 is 0 Å². The second-order valence-corrected chi connectivity index (χ2v) is 8.78. The van der Waals surface area contributed by atoms with E-state index in [2.05, 4.69) is 19.9 Å². The maximum absolute atomic E-state index is 16.0. The van der Waals surface area contributed by atoms with Crippen LogP contribution in [0.4, 0.5) is 8.78 Å². The Morgan fingerprint density at radius 3 is 1.97 bits per heavy atom. The van der Waals surface area contributed by atoms with Crippen molar-refractivity contribution in [2.75, 3.05) is 0 Å². The molecule has 0 radical (unpaired) electrons. The molecule has 0 amide bonds. The van der Waals surface area contributed by atoms with Crippen LogP contribution in [0.1, 0.15) is 56.2 Å². The van der Waals surface area contributed by atoms with Crippen molar-refractivity contribution in [2.45, 2.75) is 52.4 Å². The highest BCUT2D eigenvalue weighted by Crippen LogP contribution is 2.39. The Labute approximate surface area is 200 Å². The molecule has 0 aliphatic rings. The normalized spacial score (nSPS) is 11.0. The molecule has 4 rings (SSSR count). The molecule has 4 aromatic rings. The van der Waals surface area contributed by atoms with Gasteiger partial charge in [0.15, 0.2) is 0 Å². The van der Waals surface area contributed by atoms with Crippen molar-refractivity contribution >= 4 is 10.8 Å². The van der Waals surface area contributed by atoms with Crippen LogP contribution in [0.2, 0.25) is 0 Å². The molecule has 0 aliphatic carbocycles. The van der Waals surface area contributed by atoms with E-state index in [-0.39, 0.29) is 5.82 Å². The molecule has 1 nitrogen and oxygen atoms in total. The molecule has 0 saturated carbocycles. The highest BCUT2D eigenvalue weighted by Gasteiger charge is 2.21. The lowest BCUT2D eigenvalue weighted by molar-refractivity contribution is 0.629. The SMILES string of the molecule is CCCCc1c(-c2ccc(-c3ccc(C#N)cc3)c(F)c2)c(F)c2ccccc2c1CCCC. The average Bonchev–Trinajstić information content (AvgIpc) is 2.87. The van der Waals surface area contributed by atoms with Crippen molar-refractivity contribution in [1.29, 1.82) is 5.26 Å². The van der Waals surface area contributed by atoms with E-state index in [1.807, 2.05) is 30.3 Å². The van der Waals surface area contributed by atoms with Gasteiger partial charge in [0.05, 0.1) is 11.6 Å². The van der Waals surface area contributed by atoms with Gasteiger partial charge in [0.1, 0.15) is 11.6 Å². The highest BCUT2D eigenvalue weighted by atomic mass is 19.1. The molecule has 4 aromatic carbocycles. The number of unbranched alkanes of at least 4 members (excludes halogenated alkanes) is 2. The summed E-state index contributed by atoms with van der Waals surface area (Å²) in [4.78, 5) is 0. The zero-order valence-corrected chi connectivity index (χ0v) is 19.8. The van der Waals surface area contributed by atoms with Gasteiger partial charge in [0.25, 0.3) is 0 Å². The minimum Gasteiger partial charge on any atom is -0.206 e. The lowest BCUT2D eigenvalue weighted by atomic mass is 9.85. The van der Waals surface area contributed by atoms with Crippen LogP contribution >= 0.6 is 0 Å². The quantitative estimate of drug-likeness (QED) is 0.261.